The summed E-state index contributed by atoms with van der Waals surface area (Å²) < 4.78 is 9.59. The lowest BCUT2D eigenvalue weighted by molar-refractivity contribution is -0.131. The van der Waals surface area contributed by atoms with Gasteiger partial charge in [0.1, 0.15) is 6.61 Å². The summed E-state index contributed by atoms with van der Waals surface area (Å²) in [7, 11) is 0. The third-order valence-corrected chi connectivity index (χ3v) is 3.00. The Morgan fingerprint density at radius 1 is 1.35 bits per heavy atom. The van der Waals surface area contributed by atoms with E-state index in [4.69, 9.17) is 4.74 Å². The Morgan fingerprint density at radius 3 is 2.75 bits per heavy atom. The summed E-state index contributed by atoms with van der Waals surface area (Å²) in [5.41, 5.74) is 2.12. The molecule has 0 radical (unpaired) electrons. The van der Waals surface area contributed by atoms with Crippen molar-refractivity contribution in [3.63, 3.8) is 0 Å². The van der Waals surface area contributed by atoms with E-state index in [9.17, 15) is 14.4 Å². The molecule has 0 N–H and O–H groups in total. The molecule has 1 saturated heterocycles. The van der Waals surface area contributed by atoms with Gasteiger partial charge in [-0.3, -0.25) is 4.79 Å². The van der Waals surface area contributed by atoms with Gasteiger partial charge in [-0.25, -0.2) is 14.5 Å². The summed E-state index contributed by atoms with van der Waals surface area (Å²) in [6.07, 6.45) is -0.696. The summed E-state index contributed by atoms with van der Waals surface area (Å²) in [6, 6.07) is 5.40. The number of rotatable bonds is 3. The Morgan fingerprint density at radius 2 is 2.10 bits per heavy atom. The molecule has 0 atom stereocenters. The van der Waals surface area contributed by atoms with Crippen LogP contribution in [-0.2, 0) is 14.3 Å². The highest BCUT2D eigenvalue weighted by atomic mass is 16.6. The lowest BCUT2D eigenvalue weighted by Crippen LogP contribution is -2.35. The first-order valence-electron chi connectivity index (χ1n) is 6.20. The lowest BCUT2D eigenvalue weighted by Gasteiger charge is -2.11. The van der Waals surface area contributed by atoms with Crippen LogP contribution >= 0.6 is 0 Å². The highest BCUT2D eigenvalue weighted by molar-refractivity contribution is 5.96. The van der Waals surface area contributed by atoms with E-state index in [-0.39, 0.29) is 13.2 Å². The zero-order valence-electron chi connectivity index (χ0n) is 11.3. The van der Waals surface area contributed by atoms with Gasteiger partial charge in [-0.15, -0.1) is 0 Å². The van der Waals surface area contributed by atoms with Crippen LogP contribution < -0.4 is 0 Å². The quantitative estimate of drug-likeness (QED) is 0.782. The minimum Gasteiger partial charge on any atom is -0.452 e. The van der Waals surface area contributed by atoms with Crippen molar-refractivity contribution >= 4 is 18.0 Å². The number of cyclic esters (lactones) is 1. The second-order valence-electron chi connectivity index (χ2n) is 4.55. The summed E-state index contributed by atoms with van der Waals surface area (Å²) >= 11 is 0. The van der Waals surface area contributed by atoms with Crippen molar-refractivity contribution in [1.29, 1.82) is 0 Å². The largest absolute Gasteiger partial charge is 0.452 e. The second-order valence-corrected chi connectivity index (χ2v) is 4.55. The van der Waals surface area contributed by atoms with Gasteiger partial charge in [0, 0.05) is 0 Å². The monoisotopic (exact) mass is 277 g/mol. The number of hydrogen-bond donors (Lipinski definition) is 0. The number of amides is 2. The van der Waals surface area contributed by atoms with Crippen molar-refractivity contribution in [1.82, 2.24) is 4.90 Å². The van der Waals surface area contributed by atoms with E-state index in [0.29, 0.717) is 5.56 Å². The topological polar surface area (TPSA) is 72.9 Å². The molecule has 0 spiro atoms. The van der Waals surface area contributed by atoms with Crippen LogP contribution in [0.15, 0.2) is 18.2 Å². The maximum absolute atomic E-state index is 11.9. The van der Waals surface area contributed by atoms with E-state index in [1.807, 2.05) is 19.1 Å². The van der Waals surface area contributed by atoms with Crippen LogP contribution in [0.25, 0.3) is 0 Å². The van der Waals surface area contributed by atoms with E-state index in [1.54, 1.807) is 13.0 Å². The Bertz CT molecular complexity index is 567. The predicted octanol–water partition coefficient (Wildman–Crippen LogP) is 1.44. The first-order chi connectivity index (χ1) is 9.49. The van der Waals surface area contributed by atoms with Gasteiger partial charge >= 0.3 is 12.1 Å². The number of nitrogens with zero attached hydrogens (tertiary/aromatic N) is 1. The number of carbonyl (C=O) groups excluding carboxylic acids is 3. The predicted molar refractivity (Wildman–Crippen MR) is 69.3 cm³/mol. The lowest BCUT2D eigenvalue weighted by atomic mass is 10.1. The molecule has 0 bridgehead atoms. The smallest absolute Gasteiger partial charge is 0.416 e. The number of ether oxygens (including phenoxy) is 2. The maximum Gasteiger partial charge on any atom is 0.416 e. The number of carbonyl (C=O) groups is 3. The van der Waals surface area contributed by atoms with Gasteiger partial charge in [0.15, 0.2) is 6.61 Å². The molecule has 1 fully saturated rings. The Kier molecular flexibility index (Phi) is 4.02. The van der Waals surface area contributed by atoms with Crippen LogP contribution in [0.4, 0.5) is 4.79 Å². The van der Waals surface area contributed by atoms with Crippen LogP contribution in [0.3, 0.4) is 0 Å². The SMILES string of the molecule is Cc1ccc(C)c(C(=O)OCC(=O)N2CCOC2=O)c1. The maximum atomic E-state index is 11.9. The van der Waals surface area contributed by atoms with Crippen molar-refractivity contribution in [2.24, 2.45) is 0 Å². The van der Waals surface area contributed by atoms with Crippen LogP contribution in [0.5, 0.6) is 0 Å². The Balaban J connectivity index is 1.97. The highest BCUT2D eigenvalue weighted by Crippen LogP contribution is 2.12. The van der Waals surface area contributed by atoms with Gasteiger partial charge in [-0.2, -0.15) is 0 Å². The number of esters is 1. The van der Waals surface area contributed by atoms with Crippen molar-refractivity contribution < 1.29 is 23.9 Å². The van der Waals surface area contributed by atoms with E-state index in [2.05, 4.69) is 4.74 Å². The molecule has 0 unspecified atom stereocenters. The first kappa shape index (κ1) is 14.0. The van der Waals surface area contributed by atoms with E-state index in [1.165, 1.54) is 0 Å². The zero-order valence-corrected chi connectivity index (χ0v) is 11.3. The fourth-order valence-corrected chi connectivity index (χ4v) is 1.86. The second kappa shape index (κ2) is 5.73. The molecule has 2 rings (SSSR count). The average Bonchev–Trinajstić information content (AvgIpc) is 2.84. The van der Waals surface area contributed by atoms with Crippen molar-refractivity contribution in [2.45, 2.75) is 13.8 Å². The van der Waals surface area contributed by atoms with Crippen molar-refractivity contribution in [3.8, 4) is 0 Å². The van der Waals surface area contributed by atoms with Crippen LogP contribution in [0.1, 0.15) is 21.5 Å². The van der Waals surface area contributed by atoms with Crippen molar-refractivity contribution in [3.05, 3.63) is 34.9 Å². The Labute approximate surface area is 116 Å². The van der Waals surface area contributed by atoms with Gasteiger partial charge in [-0.05, 0) is 25.5 Å². The van der Waals surface area contributed by atoms with E-state index >= 15 is 0 Å². The molecule has 20 heavy (non-hydrogen) atoms. The third kappa shape index (κ3) is 2.96. The average molecular weight is 277 g/mol. The Hall–Kier alpha value is -2.37. The van der Waals surface area contributed by atoms with E-state index in [0.717, 1.165) is 16.0 Å². The van der Waals surface area contributed by atoms with Crippen molar-refractivity contribution in [2.75, 3.05) is 19.8 Å². The summed E-state index contributed by atoms with van der Waals surface area (Å²) in [4.78, 5) is 35.7. The molecule has 106 valence electrons. The van der Waals surface area contributed by atoms with Gasteiger partial charge < -0.3 is 9.47 Å². The van der Waals surface area contributed by atoms with Gasteiger partial charge in [-0.1, -0.05) is 17.7 Å². The molecule has 0 aromatic heterocycles. The summed E-state index contributed by atoms with van der Waals surface area (Å²) in [5.74, 6) is -1.15. The standard InChI is InChI=1S/C14H15NO5/c1-9-3-4-10(2)11(7-9)13(17)20-8-12(16)15-5-6-19-14(15)18/h3-4,7H,5-6,8H2,1-2H3. The zero-order chi connectivity index (χ0) is 14.7. The minimum atomic E-state index is -0.696. The molecule has 2 amide bonds. The molecule has 6 heteroatoms. The molecular weight excluding hydrogens is 262 g/mol. The van der Waals surface area contributed by atoms with Crippen LogP contribution in [0, 0.1) is 13.8 Å². The number of benzene rings is 1. The molecule has 6 nitrogen and oxygen atoms in total. The number of imide groups is 1. The van der Waals surface area contributed by atoms with Gasteiger partial charge in [0.25, 0.3) is 5.91 Å². The molecule has 0 aliphatic carbocycles. The molecule has 1 heterocycles. The summed E-state index contributed by atoms with van der Waals surface area (Å²) in [6.45, 7) is 3.55. The fraction of sp³-hybridized carbons (Fsp3) is 0.357. The number of aryl methyl sites for hydroxylation is 2. The first-order valence-corrected chi connectivity index (χ1v) is 6.20. The normalized spacial score (nSPS) is 14.1. The summed E-state index contributed by atoms with van der Waals surface area (Å²) in [5, 5.41) is 0. The minimum absolute atomic E-state index is 0.176. The van der Waals surface area contributed by atoms with Gasteiger partial charge in [0.2, 0.25) is 0 Å². The molecule has 1 aliphatic rings. The number of hydrogen-bond acceptors (Lipinski definition) is 5. The van der Waals surface area contributed by atoms with Crippen LogP contribution in [-0.4, -0.2) is 42.6 Å². The van der Waals surface area contributed by atoms with E-state index < -0.39 is 24.6 Å². The highest BCUT2D eigenvalue weighted by Gasteiger charge is 2.29. The third-order valence-electron chi connectivity index (χ3n) is 3.00. The van der Waals surface area contributed by atoms with Crippen LogP contribution in [0.2, 0.25) is 0 Å². The fourth-order valence-electron chi connectivity index (χ4n) is 1.86. The van der Waals surface area contributed by atoms with Gasteiger partial charge in [0.05, 0.1) is 12.1 Å². The molecule has 0 saturated carbocycles. The molecule has 1 aliphatic heterocycles. The molecular formula is C14H15NO5. The molecule has 1 aromatic carbocycles. The molecule has 1 aromatic rings.